The van der Waals surface area contributed by atoms with E-state index < -0.39 is 10.0 Å². The number of aryl methyl sites for hydroxylation is 1. The van der Waals surface area contributed by atoms with E-state index in [4.69, 9.17) is 5.73 Å². The predicted octanol–water partition coefficient (Wildman–Crippen LogP) is 2.39. The number of nitrogens with zero attached hydrogens (tertiary/aromatic N) is 1. The molecular formula is C14H22N2O2S. The van der Waals surface area contributed by atoms with Crippen LogP contribution in [-0.2, 0) is 10.0 Å². The predicted molar refractivity (Wildman–Crippen MR) is 77.4 cm³/mol. The van der Waals surface area contributed by atoms with E-state index in [1.54, 1.807) is 22.5 Å². The summed E-state index contributed by atoms with van der Waals surface area (Å²) in [6, 6.07) is 4.93. The van der Waals surface area contributed by atoms with Crippen molar-refractivity contribution in [3.8, 4) is 0 Å². The lowest BCUT2D eigenvalue weighted by molar-refractivity contribution is 0.250. The van der Waals surface area contributed by atoms with E-state index >= 15 is 0 Å². The summed E-state index contributed by atoms with van der Waals surface area (Å²) < 4.78 is 26.8. The Labute approximate surface area is 115 Å². The molecule has 1 aromatic rings. The maximum atomic E-state index is 12.6. The summed E-state index contributed by atoms with van der Waals surface area (Å²) in [5.41, 5.74) is 7.18. The number of sulfonamides is 1. The Balaban J connectivity index is 2.25. The summed E-state index contributed by atoms with van der Waals surface area (Å²) in [5, 5.41) is 0. The van der Waals surface area contributed by atoms with Gasteiger partial charge in [-0.25, -0.2) is 8.42 Å². The number of rotatable bonds is 5. The minimum Gasteiger partial charge on any atom is -0.399 e. The first kappa shape index (κ1) is 14.3. The molecule has 0 aromatic heterocycles. The van der Waals surface area contributed by atoms with Crippen LogP contribution in [0.3, 0.4) is 0 Å². The molecule has 1 aliphatic carbocycles. The molecule has 0 amide bonds. The lowest BCUT2D eigenvalue weighted by atomic mass is 9.85. The minimum atomic E-state index is -3.38. The molecule has 1 fully saturated rings. The van der Waals surface area contributed by atoms with Gasteiger partial charge in [-0.15, -0.1) is 0 Å². The van der Waals surface area contributed by atoms with Crippen LogP contribution in [0.15, 0.2) is 23.1 Å². The molecule has 0 atom stereocenters. The van der Waals surface area contributed by atoms with Crippen molar-refractivity contribution in [2.24, 2.45) is 5.92 Å². The van der Waals surface area contributed by atoms with Gasteiger partial charge < -0.3 is 5.73 Å². The van der Waals surface area contributed by atoms with Crippen molar-refractivity contribution in [1.82, 2.24) is 4.31 Å². The van der Waals surface area contributed by atoms with E-state index in [0.717, 1.165) is 18.4 Å². The van der Waals surface area contributed by atoms with Crippen molar-refractivity contribution < 1.29 is 8.42 Å². The van der Waals surface area contributed by atoms with Crippen molar-refractivity contribution in [3.05, 3.63) is 23.8 Å². The van der Waals surface area contributed by atoms with Crippen LogP contribution < -0.4 is 5.73 Å². The molecular weight excluding hydrogens is 260 g/mol. The van der Waals surface area contributed by atoms with Gasteiger partial charge in [0, 0.05) is 18.8 Å². The maximum absolute atomic E-state index is 12.6. The summed E-state index contributed by atoms with van der Waals surface area (Å²) in [6.07, 6.45) is 3.52. The van der Waals surface area contributed by atoms with Crippen LogP contribution in [0.4, 0.5) is 5.69 Å². The number of anilines is 1. The second-order valence-corrected chi connectivity index (χ2v) is 7.21. The molecule has 1 saturated carbocycles. The second kappa shape index (κ2) is 5.51. The van der Waals surface area contributed by atoms with Gasteiger partial charge in [0.15, 0.2) is 0 Å². The first-order chi connectivity index (χ1) is 8.95. The van der Waals surface area contributed by atoms with Crippen molar-refractivity contribution in [2.45, 2.75) is 38.0 Å². The average Bonchev–Trinajstić information content (AvgIpc) is 2.31. The molecule has 106 valence electrons. The maximum Gasteiger partial charge on any atom is 0.243 e. The summed E-state index contributed by atoms with van der Waals surface area (Å²) in [5.74, 6) is 0.532. The zero-order chi connectivity index (χ0) is 14.0. The number of hydrogen-bond donors (Lipinski definition) is 1. The minimum absolute atomic E-state index is 0.348. The highest BCUT2D eigenvalue weighted by Gasteiger charge is 2.28. The largest absolute Gasteiger partial charge is 0.399 e. The molecule has 4 nitrogen and oxygen atoms in total. The molecule has 2 rings (SSSR count). The van der Waals surface area contributed by atoms with E-state index in [0.29, 0.717) is 29.6 Å². The zero-order valence-electron chi connectivity index (χ0n) is 11.6. The summed E-state index contributed by atoms with van der Waals surface area (Å²) >= 11 is 0. The molecule has 0 saturated heterocycles. The van der Waals surface area contributed by atoms with E-state index in [1.165, 1.54) is 6.42 Å². The van der Waals surface area contributed by atoms with Crippen molar-refractivity contribution in [3.63, 3.8) is 0 Å². The normalized spacial score (nSPS) is 16.6. The molecule has 0 bridgehead atoms. The Morgan fingerprint density at radius 3 is 2.53 bits per heavy atom. The number of nitrogen functional groups attached to an aromatic ring is 1. The lowest BCUT2D eigenvalue weighted by Gasteiger charge is -2.31. The van der Waals surface area contributed by atoms with Crippen molar-refractivity contribution >= 4 is 15.7 Å². The number of benzene rings is 1. The summed E-state index contributed by atoms with van der Waals surface area (Å²) in [7, 11) is -3.38. The van der Waals surface area contributed by atoms with Gasteiger partial charge in [-0.05, 0) is 49.4 Å². The highest BCUT2D eigenvalue weighted by atomic mass is 32.2. The Morgan fingerprint density at radius 1 is 1.37 bits per heavy atom. The van der Waals surface area contributed by atoms with Crippen molar-refractivity contribution in [1.29, 1.82) is 0 Å². The topological polar surface area (TPSA) is 63.4 Å². The Kier molecular flexibility index (Phi) is 4.16. The summed E-state index contributed by atoms with van der Waals surface area (Å²) in [4.78, 5) is 0.348. The van der Waals surface area contributed by atoms with Crippen LogP contribution in [0.2, 0.25) is 0 Å². The Bertz CT molecular complexity index is 551. The summed E-state index contributed by atoms with van der Waals surface area (Å²) in [6.45, 7) is 4.88. The molecule has 1 aromatic carbocycles. The molecule has 0 aliphatic heterocycles. The first-order valence-electron chi connectivity index (χ1n) is 6.81. The molecule has 0 unspecified atom stereocenters. The quantitative estimate of drug-likeness (QED) is 0.843. The van der Waals surface area contributed by atoms with Gasteiger partial charge in [0.25, 0.3) is 0 Å². The van der Waals surface area contributed by atoms with Crippen LogP contribution in [0.5, 0.6) is 0 Å². The van der Waals surface area contributed by atoms with E-state index in [2.05, 4.69) is 0 Å². The number of nitrogens with two attached hydrogens (primary N) is 1. The molecule has 0 heterocycles. The standard InChI is InChI=1S/C14H22N2O2S/c1-3-16(10-12-5-4-6-12)19(17,18)13-7-8-14(15)11(2)9-13/h7-9,12H,3-6,10,15H2,1-2H3. The highest BCUT2D eigenvalue weighted by Crippen LogP contribution is 2.29. The molecule has 5 heteroatoms. The fourth-order valence-electron chi connectivity index (χ4n) is 2.32. The van der Waals surface area contributed by atoms with Gasteiger partial charge >= 0.3 is 0 Å². The van der Waals surface area contributed by atoms with Gasteiger partial charge in [0.1, 0.15) is 0 Å². The van der Waals surface area contributed by atoms with E-state index in [1.807, 2.05) is 13.8 Å². The number of hydrogen-bond acceptors (Lipinski definition) is 3. The van der Waals surface area contributed by atoms with Crippen LogP contribution in [-0.4, -0.2) is 25.8 Å². The monoisotopic (exact) mass is 282 g/mol. The van der Waals surface area contributed by atoms with Gasteiger partial charge in [-0.3, -0.25) is 0 Å². The highest BCUT2D eigenvalue weighted by molar-refractivity contribution is 7.89. The van der Waals surface area contributed by atoms with E-state index in [9.17, 15) is 8.42 Å². The molecule has 0 radical (unpaired) electrons. The zero-order valence-corrected chi connectivity index (χ0v) is 12.4. The van der Waals surface area contributed by atoms with Crippen LogP contribution in [0, 0.1) is 12.8 Å². The van der Waals surface area contributed by atoms with Crippen LogP contribution in [0.1, 0.15) is 31.7 Å². The molecule has 2 N–H and O–H groups in total. The first-order valence-corrected chi connectivity index (χ1v) is 8.25. The lowest BCUT2D eigenvalue weighted by Crippen LogP contribution is -2.37. The van der Waals surface area contributed by atoms with Crippen LogP contribution in [0.25, 0.3) is 0 Å². The SMILES string of the molecule is CCN(CC1CCC1)S(=O)(=O)c1ccc(N)c(C)c1. The average molecular weight is 282 g/mol. The Morgan fingerprint density at radius 2 is 2.05 bits per heavy atom. The van der Waals surface area contributed by atoms with Gasteiger partial charge in [0.05, 0.1) is 4.90 Å². The fourth-order valence-corrected chi connectivity index (χ4v) is 3.93. The second-order valence-electron chi connectivity index (χ2n) is 5.27. The Hall–Kier alpha value is -1.07. The van der Waals surface area contributed by atoms with E-state index in [-0.39, 0.29) is 0 Å². The van der Waals surface area contributed by atoms with Crippen molar-refractivity contribution in [2.75, 3.05) is 18.8 Å². The third kappa shape index (κ3) is 2.92. The smallest absolute Gasteiger partial charge is 0.243 e. The fraction of sp³-hybridized carbons (Fsp3) is 0.571. The van der Waals surface area contributed by atoms with Gasteiger partial charge in [0.2, 0.25) is 10.0 Å². The molecule has 1 aliphatic rings. The van der Waals surface area contributed by atoms with Gasteiger partial charge in [-0.2, -0.15) is 4.31 Å². The molecule has 0 spiro atoms. The third-order valence-electron chi connectivity index (χ3n) is 3.92. The molecule has 19 heavy (non-hydrogen) atoms. The third-order valence-corrected chi connectivity index (χ3v) is 5.86. The van der Waals surface area contributed by atoms with Gasteiger partial charge in [-0.1, -0.05) is 13.3 Å². The van der Waals surface area contributed by atoms with Crippen LogP contribution >= 0.6 is 0 Å².